The normalized spacial score (nSPS) is 51.7. The van der Waals surface area contributed by atoms with Crippen LogP contribution in [0.15, 0.2) is 0 Å². The van der Waals surface area contributed by atoms with E-state index in [-0.39, 0.29) is 40.3 Å². The zero-order valence-electron chi connectivity index (χ0n) is 27.6. The first-order chi connectivity index (χ1) is 18.7. The summed E-state index contributed by atoms with van der Waals surface area (Å²) in [7, 11) is 0. The fraction of sp³-hybridized carbons (Fsp3) is 0.971. The van der Waals surface area contributed by atoms with Crippen molar-refractivity contribution in [2.45, 2.75) is 170 Å². The smallest absolute Gasteiger partial charge is 0.302 e. The first-order valence-electron chi connectivity index (χ1n) is 16.9. The molecule has 1 heterocycles. The van der Waals surface area contributed by atoms with Gasteiger partial charge in [-0.3, -0.25) is 4.79 Å². The highest BCUT2D eigenvalue weighted by Gasteiger charge is 2.83. The molecular weight excluding hydrogens is 500 g/mol. The third-order valence-corrected chi connectivity index (χ3v) is 13.5. The Labute approximate surface area is 245 Å². The molecule has 5 nitrogen and oxygen atoms in total. The molecule has 6 aliphatic rings. The molecule has 0 bridgehead atoms. The molecule has 0 aromatic carbocycles. The molecule has 5 heteroatoms. The minimum atomic E-state index is -0.696. The van der Waals surface area contributed by atoms with E-state index in [0.29, 0.717) is 29.1 Å². The molecule has 5 saturated carbocycles. The van der Waals surface area contributed by atoms with Crippen LogP contribution in [0, 0.1) is 44.8 Å². The van der Waals surface area contributed by atoms with Gasteiger partial charge in [-0.15, -0.1) is 0 Å². The predicted molar refractivity (Wildman–Crippen MR) is 160 cm³/mol. The van der Waals surface area contributed by atoms with Crippen LogP contribution >= 0.6 is 0 Å². The summed E-state index contributed by atoms with van der Waals surface area (Å²) in [6.45, 7) is 21.7. The molecule has 0 aromatic rings. The van der Waals surface area contributed by atoms with Crippen molar-refractivity contribution >= 4 is 5.97 Å². The molecule has 1 saturated heterocycles. The Morgan fingerprint density at radius 1 is 0.850 bits per heavy atom. The van der Waals surface area contributed by atoms with Crippen molar-refractivity contribution in [1.29, 1.82) is 0 Å². The molecule has 2 N–H and O–H groups in total. The first kappa shape index (κ1) is 32.3. The van der Waals surface area contributed by atoms with Crippen LogP contribution in [0.4, 0.5) is 0 Å². The van der Waals surface area contributed by atoms with Crippen molar-refractivity contribution in [2.24, 2.45) is 44.8 Å². The van der Waals surface area contributed by atoms with E-state index in [0.717, 1.165) is 32.1 Å². The molecule has 6 fully saturated rings. The van der Waals surface area contributed by atoms with Crippen LogP contribution in [0.5, 0.6) is 0 Å². The Morgan fingerprint density at radius 3 is 2.02 bits per heavy atom. The van der Waals surface area contributed by atoms with Gasteiger partial charge in [-0.25, -0.2) is 0 Å². The average Bonchev–Trinajstić information content (AvgIpc) is 3.36. The number of aliphatic hydroxyl groups is 2. The van der Waals surface area contributed by atoms with Gasteiger partial charge in [0.1, 0.15) is 6.10 Å². The zero-order valence-corrected chi connectivity index (χ0v) is 27.6. The summed E-state index contributed by atoms with van der Waals surface area (Å²) >= 11 is 0. The van der Waals surface area contributed by atoms with E-state index >= 15 is 0 Å². The molecule has 5 aliphatic carbocycles. The van der Waals surface area contributed by atoms with Gasteiger partial charge in [0.2, 0.25) is 0 Å². The van der Waals surface area contributed by atoms with Crippen LogP contribution in [-0.2, 0) is 14.3 Å². The number of aliphatic hydroxyl groups excluding tert-OH is 2. The number of fused-ring (bicyclic) bond motifs is 2. The van der Waals surface area contributed by atoms with Crippen molar-refractivity contribution in [2.75, 3.05) is 0 Å². The number of carbonyl (C=O) groups is 1. The highest BCUT2D eigenvalue weighted by Crippen LogP contribution is 2.88. The summed E-state index contributed by atoms with van der Waals surface area (Å²) in [5.41, 5.74) is 0.380. The number of ether oxygens (including phenoxy) is 2. The fourth-order valence-electron chi connectivity index (χ4n) is 12.2. The van der Waals surface area contributed by atoms with Crippen molar-refractivity contribution in [3.05, 3.63) is 0 Å². The molecule has 1 aliphatic heterocycles. The first-order valence-corrected chi connectivity index (χ1v) is 16.9. The van der Waals surface area contributed by atoms with Crippen molar-refractivity contribution in [3.63, 3.8) is 0 Å². The van der Waals surface area contributed by atoms with Crippen LogP contribution in [-0.4, -0.2) is 40.3 Å². The zero-order chi connectivity index (χ0) is 29.9. The minimum Gasteiger partial charge on any atom is -0.462 e. The number of hydrogen-bond donors (Lipinski definition) is 2. The topological polar surface area (TPSA) is 76.0 Å². The van der Waals surface area contributed by atoms with Crippen LogP contribution in [0.25, 0.3) is 0 Å². The maximum Gasteiger partial charge on any atom is 0.302 e. The van der Waals surface area contributed by atoms with Crippen LogP contribution < -0.4 is 0 Å². The molecular formula is C35H62O5. The molecule has 0 radical (unpaired) electrons. The van der Waals surface area contributed by atoms with Crippen molar-refractivity contribution in [1.82, 2.24) is 0 Å². The summed E-state index contributed by atoms with van der Waals surface area (Å²) in [6, 6.07) is 0. The van der Waals surface area contributed by atoms with Crippen molar-refractivity contribution < 1.29 is 24.5 Å². The molecule has 40 heavy (non-hydrogen) atoms. The fourth-order valence-corrected chi connectivity index (χ4v) is 12.2. The second-order valence-electron chi connectivity index (χ2n) is 15.7. The Bertz CT molecular complexity index is 933. The summed E-state index contributed by atoms with van der Waals surface area (Å²) in [5, 5.41) is 21.9. The Kier molecular flexibility index (Phi) is 8.72. The largest absolute Gasteiger partial charge is 0.462 e. The van der Waals surface area contributed by atoms with E-state index in [4.69, 9.17) is 9.47 Å². The van der Waals surface area contributed by atoms with Gasteiger partial charge in [-0.2, -0.15) is 0 Å². The number of hydrogen-bond acceptors (Lipinski definition) is 5. The second-order valence-corrected chi connectivity index (χ2v) is 15.7. The third kappa shape index (κ3) is 4.36. The standard InChI is InChI=1S/C30H48O5.C3H8.C2H6/c1-18(31)34-22-8-7-12-29-17-30(29)15-14-26(4)24(28(6)13-11-23(33)35-28)19(32)16-27(26,5)21(30)10-9-20(29)25(22,2)3;1-3-2;1-2/h19-24,32-33H,7-17H2,1-6H3;3H2,1-2H3;1-2H3/t19?,20-,21?,22-,23?,24?,26?,27-,28+,29?,30?;;/m0../s1. The lowest BCUT2D eigenvalue weighted by Gasteiger charge is -2.62. The Balaban J connectivity index is 0.000000695. The highest BCUT2D eigenvalue weighted by atomic mass is 16.6. The second kappa shape index (κ2) is 10.8. The van der Waals surface area contributed by atoms with Gasteiger partial charge < -0.3 is 19.7 Å². The summed E-state index contributed by atoms with van der Waals surface area (Å²) in [5.74, 6) is 1.15. The van der Waals surface area contributed by atoms with Crippen molar-refractivity contribution in [3.8, 4) is 0 Å². The van der Waals surface area contributed by atoms with Crippen LogP contribution in [0.3, 0.4) is 0 Å². The number of carbonyl (C=O) groups excluding carboxylic acids is 1. The Hall–Kier alpha value is -0.650. The van der Waals surface area contributed by atoms with Gasteiger partial charge in [0, 0.05) is 24.7 Å². The lowest BCUT2D eigenvalue weighted by Crippen LogP contribution is -2.58. The summed E-state index contributed by atoms with van der Waals surface area (Å²) < 4.78 is 12.1. The van der Waals surface area contributed by atoms with Crippen LogP contribution in [0.1, 0.15) is 146 Å². The third-order valence-electron chi connectivity index (χ3n) is 13.5. The highest BCUT2D eigenvalue weighted by molar-refractivity contribution is 5.66. The minimum absolute atomic E-state index is 0.00266. The maximum absolute atomic E-state index is 11.9. The molecule has 11 atom stereocenters. The lowest BCUT2D eigenvalue weighted by molar-refractivity contribution is -0.201. The number of esters is 1. The van der Waals surface area contributed by atoms with E-state index in [1.165, 1.54) is 38.5 Å². The molecule has 6 rings (SSSR count). The number of rotatable bonds is 2. The van der Waals surface area contributed by atoms with Gasteiger partial charge in [0.25, 0.3) is 0 Å². The van der Waals surface area contributed by atoms with E-state index in [2.05, 4.69) is 48.5 Å². The SMILES string of the molecule is CC.CC(=O)O[C@H]1CCCC23CC24CCC2(C)C([C@@]5(C)CCC(O)O5)C(O)C[C@@]2(C)C4CC[C@H]3C1(C)C.CCC. The Morgan fingerprint density at radius 2 is 1.45 bits per heavy atom. The molecule has 0 aromatic heterocycles. The van der Waals surface area contributed by atoms with E-state index in [9.17, 15) is 15.0 Å². The molecule has 2 spiro atoms. The molecule has 7 unspecified atom stereocenters. The monoisotopic (exact) mass is 562 g/mol. The van der Waals surface area contributed by atoms with Gasteiger partial charge in [-0.1, -0.05) is 61.8 Å². The quantitative estimate of drug-likeness (QED) is 0.333. The van der Waals surface area contributed by atoms with Gasteiger partial charge in [0.05, 0.1) is 11.7 Å². The summed E-state index contributed by atoms with van der Waals surface area (Å²) in [4.78, 5) is 11.9. The average molecular weight is 563 g/mol. The summed E-state index contributed by atoms with van der Waals surface area (Å²) in [6.07, 6.45) is 12.1. The van der Waals surface area contributed by atoms with Gasteiger partial charge in [-0.05, 0) is 105 Å². The van der Waals surface area contributed by atoms with Gasteiger partial charge >= 0.3 is 5.97 Å². The van der Waals surface area contributed by atoms with Gasteiger partial charge in [0.15, 0.2) is 6.29 Å². The van der Waals surface area contributed by atoms with Crippen LogP contribution in [0.2, 0.25) is 0 Å². The maximum atomic E-state index is 11.9. The van der Waals surface area contributed by atoms with E-state index in [1.54, 1.807) is 6.92 Å². The predicted octanol–water partition coefficient (Wildman–Crippen LogP) is 8.05. The van der Waals surface area contributed by atoms with E-state index < -0.39 is 11.9 Å². The van der Waals surface area contributed by atoms with E-state index in [1.807, 2.05) is 13.8 Å². The molecule has 232 valence electrons. The molecule has 0 amide bonds. The lowest BCUT2D eigenvalue weighted by atomic mass is 9.42.